The molecular weight excluding hydrogens is 235 g/mol. The molecule has 0 aliphatic heterocycles. The Morgan fingerprint density at radius 3 is 1.00 bits per heavy atom. The van der Waals surface area contributed by atoms with E-state index in [2.05, 4.69) is 0 Å². The summed E-state index contributed by atoms with van der Waals surface area (Å²) in [6, 6.07) is 0. The Kier molecular flexibility index (Phi) is 135. The number of rotatable bonds is 0. The molecule has 0 N–H and O–H groups in total. The van der Waals surface area contributed by atoms with Gasteiger partial charge in [-0.2, -0.15) is 0 Å². The fourth-order valence-corrected chi connectivity index (χ4v) is 0. The minimum absolute atomic E-state index is 0. The van der Waals surface area contributed by atoms with E-state index in [1.54, 1.807) is 0 Å². The first kappa shape index (κ1) is 30.8. The first-order chi connectivity index (χ1) is 0. The second-order valence-corrected chi connectivity index (χ2v) is 0. The van der Waals surface area contributed by atoms with Crippen LogP contribution in [0.4, 0.5) is 0 Å². The molecule has 0 unspecified atom stereocenters. The first-order valence-electron chi connectivity index (χ1n) is 0. The third-order valence-electron chi connectivity index (χ3n) is 0. The summed E-state index contributed by atoms with van der Waals surface area (Å²) in [5.41, 5.74) is 0. The first-order valence-corrected chi connectivity index (χ1v) is 0. The van der Waals surface area contributed by atoms with Crippen molar-refractivity contribution in [3.63, 3.8) is 0 Å². The van der Waals surface area contributed by atoms with Crippen LogP contribution in [0.25, 0.3) is 0 Å². The van der Waals surface area contributed by atoms with Gasteiger partial charge in [-0.15, -0.1) is 0 Å². The van der Waals surface area contributed by atoms with Gasteiger partial charge in [0.05, 0.1) is 0 Å². The Morgan fingerprint density at radius 2 is 1.00 bits per heavy atom. The van der Waals surface area contributed by atoms with Crippen LogP contribution in [0.5, 0.6) is 0 Å². The SMILES string of the molecule is [Al+3].[Ba+2].[Mn+2].[O-2]. The largest absolute Gasteiger partial charge is 3.00 e. The third-order valence-corrected chi connectivity index (χ3v) is 0. The van der Waals surface area contributed by atoms with Crippen LogP contribution in [-0.4, -0.2) is 66.2 Å². The molecule has 4 heteroatoms. The fourth-order valence-electron chi connectivity index (χ4n) is 0. The molecule has 0 saturated heterocycles. The Labute approximate surface area is 86.9 Å². The molecule has 0 bridgehead atoms. The summed E-state index contributed by atoms with van der Waals surface area (Å²) in [6.45, 7) is 0. The van der Waals surface area contributed by atoms with Crippen LogP contribution in [0.3, 0.4) is 0 Å². The smallest absolute Gasteiger partial charge is 2.00 e. The molecule has 0 aliphatic carbocycles. The molecule has 1 nitrogen and oxygen atoms in total. The van der Waals surface area contributed by atoms with Crippen molar-refractivity contribution >= 4 is 66.2 Å². The summed E-state index contributed by atoms with van der Waals surface area (Å²) < 4.78 is 0. The molecule has 0 rings (SSSR count). The predicted octanol–water partition coefficient (Wildman–Crippen LogP) is -0.883. The molecular formula is AlBaMnO+5. The van der Waals surface area contributed by atoms with Crippen molar-refractivity contribution in [3.05, 3.63) is 0 Å². The van der Waals surface area contributed by atoms with Gasteiger partial charge < -0.3 is 5.48 Å². The molecule has 0 fully saturated rings. The summed E-state index contributed by atoms with van der Waals surface area (Å²) in [4.78, 5) is 0. The van der Waals surface area contributed by atoms with E-state index in [1.165, 1.54) is 0 Å². The van der Waals surface area contributed by atoms with E-state index in [-0.39, 0.29) is 88.8 Å². The van der Waals surface area contributed by atoms with Gasteiger partial charge in [0.25, 0.3) is 0 Å². The maximum atomic E-state index is 0. The zero-order chi connectivity index (χ0) is 0. The normalized spacial score (nSPS) is 0. The van der Waals surface area contributed by atoms with Crippen LogP contribution in [0.15, 0.2) is 0 Å². The van der Waals surface area contributed by atoms with E-state index in [0.717, 1.165) is 0 Å². The molecule has 0 aromatic heterocycles. The van der Waals surface area contributed by atoms with Gasteiger partial charge in [0, 0.05) is 0 Å². The van der Waals surface area contributed by atoms with E-state index in [9.17, 15) is 0 Å². The molecule has 0 amide bonds. The van der Waals surface area contributed by atoms with Crippen molar-refractivity contribution in [1.82, 2.24) is 0 Å². The average Bonchev–Trinajstić information content (AvgIpc) is 0. The summed E-state index contributed by atoms with van der Waals surface area (Å²) in [6.07, 6.45) is 0. The third kappa shape index (κ3) is 8.82. The topological polar surface area (TPSA) is 28.5 Å². The molecule has 0 saturated carbocycles. The molecule has 0 aliphatic rings. The molecule has 1 radical (unpaired) electrons. The van der Waals surface area contributed by atoms with Crippen LogP contribution >= 0.6 is 0 Å². The molecule has 4 heavy (non-hydrogen) atoms. The number of hydrogen-bond acceptors (Lipinski definition) is 0. The Hall–Kier alpha value is 2.58. The summed E-state index contributed by atoms with van der Waals surface area (Å²) in [5.74, 6) is 0. The van der Waals surface area contributed by atoms with Crippen LogP contribution in [0.1, 0.15) is 0 Å². The van der Waals surface area contributed by atoms with Gasteiger partial charge in [0.1, 0.15) is 0 Å². The minimum atomic E-state index is 0. The zero-order valence-electron chi connectivity index (χ0n) is 2.07. The Balaban J connectivity index is 0. The Morgan fingerprint density at radius 1 is 1.00 bits per heavy atom. The molecule has 0 heterocycles. The Bertz CT molecular complexity index is 8.00. The molecule has 0 aromatic carbocycles. The van der Waals surface area contributed by atoms with Crippen LogP contribution in [-0.2, 0) is 22.5 Å². The van der Waals surface area contributed by atoms with Gasteiger partial charge in [0.2, 0.25) is 0 Å². The van der Waals surface area contributed by atoms with E-state index in [0.29, 0.717) is 0 Å². The minimum Gasteiger partial charge on any atom is -2.00 e. The predicted molar refractivity (Wildman–Crippen MR) is 12.2 cm³/mol. The van der Waals surface area contributed by atoms with E-state index >= 15 is 0 Å². The van der Waals surface area contributed by atoms with E-state index in [1.807, 2.05) is 0 Å². The summed E-state index contributed by atoms with van der Waals surface area (Å²) in [5, 5.41) is 0. The van der Waals surface area contributed by atoms with Gasteiger partial charge in [-0.3, -0.25) is 0 Å². The second kappa shape index (κ2) is 17.6. The van der Waals surface area contributed by atoms with Crippen molar-refractivity contribution in [2.24, 2.45) is 0 Å². The van der Waals surface area contributed by atoms with Crippen molar-refractivity contribution in [3.8, 4) is 0 Å². The quantitative estimate of drug-likeness (QED) is 0.488. The maximum absolute atomic E-state index is 0. The summed E-state index contributed by atoms with van der Waals surface area (Å²) >= 11 is 0. The second-order valence-electron chi connectivity index (χ2n) is 0. The van der Waals surface area contributed by atoms with Crippen molar-refractivity contribution in [2.75, 3.05) is 0 Å². The molecule has 13 valence electrons. The fraction of sp³-hybridized carbons (Fsp3) is 0. The van der Waals surface area contributed by atoms with Gasteiger partial charge in [-0.1, -0.05) is 0 Å². The van der Waals surface area contributed by atoms with E-state index < -0.39 is 0 Å². The maximum Gasteiger partial charge on any atom is 3.00 e. The molecule has 0 spiro atoms. The van der Waals surface area contributed by atoms with Crippen LogP contribution in [0.2, 0.25) is 0 Å². The standard InChI is InChI=1S/Al.Ba.Mn.O/q+3;2*+2;-2. The molecule has 0 atom stereocenters. The van der Waals surface area contributed by atoms with Gasteiger partial charge >= 0.3 is 83.3 Å². The zero-order valence-corrected chi connectivity index (χ0v) is 8.85. The average molecular weight is 235 g/mol. The van der Waals surface area contributed by atoms with Crippen molar-refractivity contribution in [2.45, 2.75) is 0 Å². The van der Waals surface area contributed by atoms with Gasteiger partial charge in [-0.05, 0) is 0 Å². The summed E-state index contributed by atoms with van der Waals surface area (Å²) in [7, 11) is 0. The number of hydrogen-bond donors (Lipinski definition) is 0. The molecule has 0 aromatic rings. The van der Waals surface area contributed by atoms with Crippen LogP contribution < -0.4 is 0 Å². The van der Waals surface area contributed by atoms with Gasteiger partial charge in [-0.25, -0.2) is 0 Å². The van der Waals surface area contributed by atoms with Gasteiger partial charge in [0.15, 0.2) is 0 Å². The monoisotopic (exact) mass is 236 g/mol. The van der Waals surface area contributed by atoms with Crippen molar-refractivity contribution in [1.29, 1.82) is 0 Å². The van der Waals surface area contributed by atoms with Crippen LogP contribution in [0, 0.1) is 0 Å². The van der Waals surface area contributed by atoms with Crippen molar-refractivity contribution < 1.29 is 22.5 Å². The van der Waals surface area contributed by atoms with E-state index in [4.69, 9.17) is 0 Å².